The molecule has 0 saturated heterocycles. The van der Waals surface area contributed by atoms with Gasteiger partial charge in [0.1, 0.15) is 12.8 Å². The zero-order valence-electron chi connectivity index (χ0n) is 15.3. The van der Waals surface area contributed by atoms with E-state index in [4.69, 9.17) is 13.9 Å². The molecule has 2 heterocycles. The smallest absolute Gasteiger partial charge is 0.322 e. The summed E-state index contributed by atoms with van der Waals surface area (Å²) in [5.74, 6) is 1.96. The van der Waals surface area contributed by atoms with Crippen molar-refractivity contribution in [2.75, 3.05) is 13.7 Å². The zero-order valence-corrected chi connectivity index (χ0v) is 15.3. The topological polar surface area (TPSA) is 76.8 Å². The number of hydrogen-bond acceptors (Lipinski definition) is 5. The molecular formula is C20H23N3O4. The van der Waals surface area contributed by atoms with Crippen LogP contribution in [0.25, 0.3) is 5.57 Å². The summed E-state index contributed by atoms with van der Waals surface area (Å²) in [6.07, 6.45) is 9.72. The lowest BCUT2D eigenvalue weighted by Crippen LogP contribution is -2.41. The molecule has 1 aliphatic heterocycles. The maximum atomic E-state index is 12.2. The van der Waals surface area contributed by atoms with Gasteiger partial charge in [-0.2, -0.15) is 0 Å². The van der Waals surface area contributed by atoms with Crippen molar-refractivity contribution in [3.63, 3.8) is 0 Å². The summed E-state index contributed by atoms with van der Waals surface area (Å²) in [6.45, 7) is 0.736. The third-order valence-electron chi connectivity index (χ3n) is 4.92. The molecule has 2 aromatic rings. The average Bonchev–Trinajstić information content (AvgIpc) is 3.38. The molecule has 7 nitrogen and oxygen atoms in total. The zero-order chi connectivity index (χ0) is 18.6. The van der Waals surface area contributed by atoms with Crippen molar-refractivity contribution in [3.05, 3.63) is 48.3 Å². The fourth-order valence-corrected chi connectivity index (χ4v) is 3.49. The summed E-state index contributed by atoms with van der Waals surface area (Å²) in [6, 6.07) is 5.71. The Hall–Kier alpha value is -2.96. The number of aromatic nitrogens is 1. The van der Waals surface area contributed by atoms with Crippen LogP contribution in [0.1, 0.15) is 37.1 Å². The van der Waals surface area contributed by atoms with E-state index in [9.17, 15) is 4.79 Å². The van der Waals surface area contributed by atoms with Crippen molar-refractivity contribution in [1.82, 2.24) is 15.2 Å². The lowest BCUT2D eigenvalue weighted by molar-refractivity contribution is 0.200. The summed E-state index contributed by atoms with van der Waals surface area (Å²) in [4.78, 5) is 17.8. The number of oxazole rings is 1. The van der Waals surface area contributed by atoms with Gasteiger partial charge in [-0.1, -0.05) is 6.07 Å². The van der Waals surface area contributed by atoms with Gasteiger partial charge in [-0.25, -0.2) is 9.78 Å². The highest BCUT2D eigenvalue weighted by Gasteiger charge is 2.22. The van der Waals surface area contributed by atoms with Crippen LogP contribution >= 0.6 is 0 Å². The van der Waals surface area contributed by atoms with Gasteiger partial charge in [0.25, 0.3) is 0 Å². The number of carbonyl (C=O) groups is 1. The normalized spacial score (nSPS) is 17.6. The Morgan fingerprint density at radius 2 is 2.15 bits per heavy atom. The third-order valence-corrected chi connectivity index (χ3v) is 4.92. The second-order valence-corrected chi connectivity index (χ2v) is 6.76. The number of urea groups is 1. The van der Waals surface area contributed by atoms with E-state index in [1.54, 1.807) is 18.2 Å². The van der Waals surface area contributed by atoms with Crippen LogP contribution in [0.15, 0.2) is 41.3 Å². The second-order valence-electron chi connectivity index (χ2n) is 6.76. The molecule has 0 atom stereocenters. The van der Waals surface area contributed by atoms with Gasteiger partial charge in [-0.3, -0.25) is 4.90 Å². The van der Waals surface area contributed by atoms with Crippen molar-refractivity contribution < 1.29 is 18.7 Å². The highest BCUT2D eigenvalue weighted by atomic mass is 16.5. The first kappa shape index (κ1) is 17.5. The molecule has 1 saturated carbocycles. The van der Waals surface area contributed by atoms with E-state index >= 15 is 0 Å². The van der Waals surface area contributed by atoms with Gasteiger partial charge in [0.05, 0.1) is 19.4 Å². The molecule has 0 unspecified atom stereocenters. The lowest BCUT2D eigenvalue weighted by atomic mass is 10.0. The van der Waals surface area contributed by atoms with Crippen LogP contribution in [-0.2, 0) is 6.54 Å². The van der Waals surface area contributed by atoms with Gasteiger partial charge >= 0.3 is 6.03 Å². The lowest BCUT2D eigenvalue weighted by Gasteiger charge is -2.25. The first-order valence-corrected chi connectivity index (χ1v) is 9.21. The largest absolute Gasteiger partial charge is 0.493 e. The molecule has 4 rings (SSSR count). The highest BCUT2D eigenvalue weighted by molar-refractivity contribution is 5.84. The molecule has 2 amide bonds. The van der Waals surface area contributed by atoms with Gasteiger partial charge in [0.2, 0.25) is 5.89 Å². The first-order chi connectivity index (χ1) is 13.2. The Morgan fingerprint density at radius 1 is 1.30 bits per heavy atom. The van der Waals surface area contributed by atoms with Crippen LogP contribution in [0.2, 0.25) is 0 Å². The van der Waals surface area contributed by atoms with Gasteiger partial charge in [-0.05, 0) is 49.0 Å². The van der Waals surface area contributed by atoms with E-state index < -0.39 is 0 Å². The second kappa shape index (κ2) is 7.73. The van der Waals surface area contributed by atoms with E-state index in [2.05, 4.69) is 10.3 Å². The Labute approximate surface area is 158 Å². The highest BCUT2D eigenvalue weighted by Crippen LogP contribution is 2.34. The Morgan fingerprint density at radius 3 is 2.89 bits per heavy atom. The number of benzene rings is 1. The van der Waals surface area contributed by atoms with Gasteiger partial charge in [0, 0.05) is 12.7 Å². The van der Waals surface area contributed by atoms with Crippen LogP contribution in [0.4, 0.5) is 4.79 Å². The summed E-state index contributed by atoms with van der Waals surface area (Å²) < 4.78 is 16.9. The van der Waals surface area contributed by atoms with Crippen LogP contribution in [0, 0.1) is 0 Å². The number of nitrogens with zero attached hydrogens (tertiary/aromatic N) is 2. The quantitative estimate of drug-likeness (QED) is 0.842. The fourth-order valence-electron chi connectivity index (χ4n) is 3.49. The molecule has 2 aliphatic rings. The molecule has 142 valence electrons. The number of amides is 2. The molecule has 1 aromatic heterocycles. The fraction of sp³-hybridized carbons (Fsp3) is 0.400. The molecule has 0 spiro atoms. The predicted octanol–water partition coefficient (Wildman–Crippen LogP) is 3.57. The number of rotatable bonds is 6. The van der Waals surface area contributed by atoms with Gasteiger partial charge in [0.15, 0.2) is 11.5 Å². The summed E-state index contributed by atoms with van der Waals surface area (Å²) in [5.41, 5.74) is 1.97. The van der Waals surface area contributed by atoms with Crippen molar-refractivity contribution in [1.29, 1.82) is 0 Å². The van der Waals surface area contributed by atoms with E-state index in [0.29, 0.717) is 12.4 Å². The van der Waals surface area contributed by atoms with E-state index in [-0.39, 0.29) is 18.7 Å². The van der Waals surface area contributed by atoms with Crippen molar-refractivity contribution in [3.8, 4) is 11.5 Å². The van der Waals surface area contributed by atoms with Gasteiger partial charge < -0.3 is 19.2 Å². The molecule has 0 bridgehead atoms. The molecule has 1 N–H and O–H groups in total. The molecule has 7 heteroatoms. The minimum Gasteiger partial charge on any atom is -0.493 e. The molecular weight excluding hydrogens is 346 g/mol. The van der Waals surface area contributed by atoms with Crippen molar-refractivity contribution in [2.24, 2.45) is 0 Å². The molecule has 1 aliphatic carbocycles. The standard InChI is InChI=1S/C20H23N3O4/c1-25-17-7-6-14(10-18(17)27-16-4-2-3-5-16)15-11-22-20(24)23(12-15)13-19-21-8-9-26-19/h6-10,12,16H,2-5,11,13H2,1H3,(H,22,24). The number of nitrogens with one attached hydrogen (secondary N) is 1. The predicted molar refractivity (Wildman–Crippen MR) is 99.3 cm³/mol. The third kappa shape index (κ3) is 3.92. The molecule has 1 fully saturated rings. The summed E-state index contributed by atoms with van der Waals surface area (Å²) in [7, 11) is 1.65. The van der Waals surface area contributed by atoms with Gasteiger partial charge in [-0.15, -0.1) is 0 Å². The maximum Gasteiger partial charge on any atom is 0.322 e. The number of methoxy groups -OCH3 is 1. The number of hydrogen-bond donors (Lipinski definition) is 1. The van der Waals surface area contributed by atoms with Crippen molar-refractivity contribution in [2.45, 2.75) is 38.3 Å². The SMILES string of the molecule is COc1ccc(C2=CN(Cc3ncco3)C(=O)NC2)cc1OC1CCCC1. The number of carbonyl (C=O) groups excluding carboxylic acids is 1. The van der Waals surface area contributed by atoms with Crippen molar-refractivity contribution >= 4 is 11.6 Å². The Kier molecular flexibility index (Phi) is 5.00. The van der Waals surface area contributed by atoms with Crippen LogP contribution < -0.4 is 14.8 Å². The minimum atomic E-state index is -0.173. The first-order valence-electron chi connectivity index (χ1n) is 9.21. The number of ether oxygens (including phenoxy) is 2. The Balaban J connectivity index is 1.58. The maximum absolute atomic E-state index is 12.2. The van der Waals surface area contributed by atoms with Crippen LogP contribution in [-0.4, -0.2) is 35.7 Å². The van der Waals surface area contributed by atoms with Crippen LogP contribution in [0.3, 0.4) is 0 Å². The van der Waals surface area contributed by atoms with E-state index in [1.807, 2.05) is 24.4 Å². The average molecular weight is 369 g/mol. The molecule has 27 heavy (non-hydrogen) atoms. The summed E-state index contributed by atoms with van der Waals surface area (Å²) >= 11 is 0. The Bertz CT molecular complexity index is 826. The monoisotopic (exact) mass is 369 g/mol. The van der Waals surface area contributed by atoms with E-state index in [1.165, 1.54) is 19.1 Å². The molecule has 0 radical (unpaired) electrons. The van der Waals surface area contributed by atoms with Crippen LogP contribution in [0.5, 0.6) is 11.5 Å². The van der Waals surface area contributed by atoms with E-state index in [0.717, 1.165) is 35.5 Å². The summed E-state index contributed by atoms with van der Waals surface area (Å²) in [5, 5.41) is 2.89. The molecule has 1 aromatic carbocycles. The minimum absolute atomic E-state index is 0.173.